The van der Waals surface area contributed by atoms with Crippen LogP contribution in [0, 0.1) is 23.9 Å². The number of anilines is 1. The Labute approximate surface area is 369 Å². The molecule has 5 aliphatic rings. The SMILES string of the molecule is COc1ccc2cc1OCc1c(C(O)O)c3c4c(c(O)cc5c4c1C=CC5C)C(C#COC(CC1C=C(O)C=CC1CCCCc1cccc(NCC(C)O)c1)CC(=O)CC2)CC3. The second-order valence-corrected chi connectivity index (χ2v) is 17.7. The smallest absolute Gasteiger partial charge is 0.179 e. The predicted octanol–water partition coefficient (Wildman–Crippen LogP) is 9.37. The molecule has 9 rings (SSSR count). The number of phenolic OH excluding ortho intramolecular Hbond substituents is 1. The van der Waals surface area contributed by atoms with Gasteiger partial charge in [0.1, 0.15) is 36.1 Å². The Morgan fingerprint density at radius 1 is 0.952 bits per heavy atom. The Hall–Kier alpha value is -5.73. The summed E-state index contributed by atoms with van der Waals surface area (Å²) in [5, 5.41) is 59.2. The van der Waals surface area contributed by atoms with E-state index in [1.54, 1.807) is 20.1 Å². The second-order valence-electron chi connectivity index (χ2n) is 17.7. The van der Waals surface area contributed by atoms with Crippen LogP contribution in [0.3, 0.4) is 0 Å². The number of aliphatic hydroxyl groups excluding tert-OH is 3. The summed E-state index contributed by atoms with van der Waals surface area (Å²) < 4.78 is 18.6. The molecule has 10 nitrogen and oxygen atoms in total. The van der Waals surface area contributed by atoms with Crippen molar-refractivity contribution in [3.63, 3.8) is 0 Å². The summed E-state index contributed by atoms with van der Waals surface area (Å²) >= 11 is 0. The number of aliphatic hydroxyl groups is 4. The van der Waals surface area contributed by atoms with Crippen molar-refractivity contribution in [3.8, 4) is 29.3 Å². The minimum Gasteiger partial charge on any atom is -0.508 e. The zero-order valence-corrected chi connectivity index (χ0v) is 36.4. The Balaban J connectivity index is 1.10. The molecule has 330 valence electrons. The molecular formula is C53H59NO9. The molecule has 4 aromatic rings. The summed E-state index contributed by atoms with van der Waals surface area (Å²) in [6, 6.07) is 15.8. The van der Waals surface area contributed by atoms with Gasteiger partial charge < -0.3 is 45.1 Å². The molecule has 0 amide bonds. The van der Waals surface area contributed by atoms with Gasteiger partial charge in [-0.25, -0.2) is 0 Å². The molecule has 0 saturated carbocycles. The van der Waals surface area contributed by atoms with Gasteiger partial charge in [0.05, 0.1) is 19.1 Å². The van der Waals surface area contributed by atoms with E-state index in [9.17, 15) is 30.3 Å². The minimum atomic E-state index is -1.79. The molecule has 0 spiro atoms. The van der Waals surface area contributed by atoms with E-state index in [0.29, 0.717) is 60.4 Å². The molecule has 63 heavy (non-hydrogen) atoms. The zero-order chi connectivity index (χ0) is 44.2. The fraction of sp³-hybridized carbons (Fsp3) is 0.415. The van der Waals surface area contributed by atoms with Crippen LogP contribution in [0.15, 0.2) is 78.6 Å². The Morgan fingerprint density at radius 2 is 1.81 bits per heavy atom. The molecule has 0 aromatic heterocycles. The molecule has 3 aliphatic carbocycles. The molecule has 6 atom stereocenters. The van der Waals surface area contributed by atoms with Gasteiger partial charge in [0.15, 0.2) is 17.8 Å². The summed E-state index contributed by atoms with van der Waals surface area (Å²) in [5.74, 6) is 4.28. The number of unbranched alkanes of at least 4 members (excludes halogenated alkanes) is 1. The molecule has 4 aromatic carbocycles. The van der Waals surface area contributed by atoms with Crippen LogP contribution in [0.4, 0.5) is 5.69 Å². The van der Waals surface area contributed by atoms with E-state index in [4.69, 9.17) is 14.2 Å². The lowest BCUT2D eigenvalue weighted by molar-refractivity contribution is -0.121. The number of phenols is 1. The number of hydrogen-bond acceptors (Lipinski definition) is 10. The third kappa shape index (κ3) is 9.77. The molecule has 6 unspecified atom stereocenters. The number of methoxy groups -OCH3 is 1. The quantitative estimate of drug-likeness (QED) is 0.0461. The third-order valence-electron chi connectivity index (χ3n) is 13.2. The highest BCUT2D eigenvalue weighted by atomic mass is 16.5. The van der Waals surface area contributed by atoms with Gasteiger partial charge in [-0.05, 0) is 145 Å². The van der Waals surface area contributed by atoms with Crippen LogP contribution in [-0.2, 0) is 35.4 Å². The lowest BCUT2D eigenvalue weighted by Crippen LogP contribution is -2.24. The van der Waals surface area contributed by atoms with Gasteiger partial charge >= 0.3 is 0 Å². The number of fused-ring (bicyclic) bond motifs is 7. The summed E-state index contributed by atoms with van der Waals surface area (Å²) in [5.41, 5.74) is 7.31. The molecule has 10 heteroatoms. The number of nitrogens with one attached hydrogen (secondary N) is 1. The van der Waals surface area contributed by atoms with E-state index in [0.717, 1.165) is 64.4 Å². The van der Waals surface area contributed by atoms with Crippen LogP contribution in [0.2, 0.25) is 0 Å². The molecule has 0 fully saturated rings. The summed E-state index contributed by atoms with van der Waals surface area (Å²) in [6.07, 6.45) is 16.1. The van der Waals surface area contributed by atoms with Crippen molar-refractivity contribution < 1.29 is 44.5 Å². The van der Waals surface area contributed by atoms with Gasteiger partial charge in [0.2, 0.25) is 0 Å². The molecule has 8 bridgehead atoms. The fourth-order valence-corrected chi connectivity index (χ4v) is 10.0. The normalized spacial score (nSPS) is 22.1. The van der Waals surface area contributed by atoms with Crippen molar-refractivity contribution in [1.29, 1.82) is 0 Å². The van der Waals surface area contributed by atoms with Crippen LogP contribution in [-0.4, -0.2) is 57.2 Å². The van der Waals surface area contributed by atoms with Crippen LogP contribution in [0.1, 0.15) is 121 Å². The van der Waals surface area contributed by atoms with Crippen molar-refractivity contribution >= 4 is 28.3 Å². The Kier molecular flexibility index (Phi) is 13.5. The number of rotatable bonds is 12. The molecule has 2 heterocycles. The van der Waals surface area contributed by atoms with Crippen molar-refractivity contribution in [2.75, 3.05) is 19.0 Å². The molecule has 0 saturated heterocycles. The number of aryl methyl sites for hydroxylation is 3. The number of hydrogen-bond donors (Lipinski definition) is 6. The summed E-state index contributed by atoms with van der Waals surface area (Å²) in [4.78, 5) is 13.8. The van der Waals surface area contributed by atoms with Crippen LogP contribution in [0.5, 0.6) is 17.2 Å². The minimum absolute atomic E-state index is 0.00363. The third-order valence-corrected chi connectivity index (χ3v) is 13.2. The van der Waals surface area contributed by atoms with E-state index in [2.05, 4.69) is 48.6 Å². The Bertz CT molecular complexity index is 2510. The molecule has 0 radical (unpaired) electrons. The highest BCUT2D eigenvalue weighted by Crippen LogP contribution is 2.51. The number of ether oxygens (including phenoxy) is 3. The zero-order valence-electron chi connectivity index (χ0n) is 36.4. The van der Waals surface area contributed by atoms with Gasteiger partial charge in [0, 0.05) is 47.7 Å². The average molecular weight is 854 g/mol. The number of Topliss-reactive ketones (excluding diaryl/α,β-unsaturated/α-hetero) is 1. The second kappa shape index (κ2) is 19.3. The lowest BCUT2D eigenvalue weighted by atomic mass is 9.72. The van der Waals surface area contributed by atoms with Crippen molar-refractivity contribution in [2.45, 2.75) is 115 Å². The maximum Gasteiger partial charge on any atom is 0.179 e. The van der Waals surface area contributed by atoms with E-state index in [-0.39, 0.29) is 54.5 Å². The first kappa shape index (κ1) is 43.9. The highest BCUT2D eigenvalue weighted by molar-refractivity contribution is 6.04. The lowest BCUT2D eigenvalue weighted by Gasteiger charge is -2.32. The van der Waals surface area contributed by atoms with E-state index >= 15 is 0 Å². The standard InChI is InChI=1S/C53H59NO9/c1-31-11-18-42-45-30-63-48-24-34(13-20-47(48)61-3)12-16-40(57)27-41(62-22-21-36-15-19-43(51(45)53(59)60)52-49(36)46(58)28-44(31)50(42)52)26-37-25-39(56)17-14-35(37)9-5-4-7-33-8-6-10-38(23-33)54-29-32(2)55/h6,8,10-11,13-14,17-18,20,23-25,28,31-32,35-37,41,53-56,58-60H,4-5,7,9,12,15-16,19,26-27,29-30H2,1-3H3. The first-order chi connectivity index (χ1) is 30.5. The molecule has 2 aliphatic heterocycles. The first-order valence-electron chi connectivity index (χ1n) is 22.5. The van der Waals surface area contributed by atoms with Gasteiger partial charge in [-0.3, -0.25) is 4.79 Å². The monoisotopic (exact) mass is 853 g/mol. The van der Waals surface area contributed by atoms with Gasteiger partial charge in [0.25, 0.3) is 0 Å². The summed E-state index contributed by atoms with van der Waals surface area (Å²) in [6.45, 7) is 4.37. The van der Waals surface area contributed by atoms with Gasteiger partial charge in [-0.2, -0.15) is 0 Å². The molecule has 6 N–H and O–H groups in total. The van der Waals surface area contributed by atoms with Crippen molar-refractivity contribution in [2.24, 2.45) is 11.8 Å². The van der Waals surface area contributed by atoms with Crippen molar-refractivity contribution in [3.05, 3.63) is 123 Å². The maximum absolute atomic E-state index is 13.8. The fourth-order valence-electron chi connectivity index (χ4n) is 10.0. The highest BCUT2D eigenvalue weighted by Gasteiger charge is 2.35. The number of ketones is 1. The Morgan fingerprint density at radius 3 is 2.62 bits per heavy atom. The largest absolute Gasteiger partial charge is 0.508 e. The number of benzene rings is 4. The van der Waals surface area contributed by atoms with Gasteiger partial charge in [-0.15, -0.1) is 0 Å². The number of carbonyl (C=O) groups excluding carboxylic acids is 1. The number of allylic oxidation sites excluding steroid dienone is 4. The summed E-state index contributed by atoms with van der Waals surface area (Å²) in [7, 11) is 1.57. The van der Waals surface area contributed by atoms with E-state index in [1.807, 2.05) is 48.6 Å². The first-order valence-corrected chi connectivity index (χ1v) is 22.5. The predicted molar refractivity (Wildman–Crippen MR) is 245 cm³/mol. The van der Waals surface area contributed by atoms with Crippen molar-refractivity contribution in [1.82, 2.24) is 0 Å². The van der Waals surface area contributed by atoms with Crippen LogP contribution >= 0.6 is 0 Å². The maximum atomic E-state index is 13.8. The van der Waals surface area contributed by atoms with Crippen LogP contribution < -0.4 is 14.8 Å². The number of carbonyl (C=O) groups is 1. The van der Waals surface area contributed by atoms with E-state index in [1.165, 1.54) is 5.56 Å². The number of aromatic hydroxyl groups is 1. The molecular weight excluding hydrogens is 795 g/mol. The van der Waals surface area contributed by atoms with E-state index < -0.39 is 24.4 Å². The van der Waals surface area contributed by atoms with Gasteiger partial charge in [-0.1, -0.05) is 55.7 Å². The topological polar surface area (TPSA) is 158 Å². The van der Waals surface area contributed by atoms with Crippen LogP contribution in [0.25, 0.3) is 16.8 Å². The average Bonchev–Trinajstić information content (AvgIpc) is 3.26.